The zero-order chi connectivity index (χ0) is 15.3. The van der Waals surface area contributed by atoms with Gasteiger partial charge in [0.05, 0.1) is 13.2 Å². The second-order valence-electron chi connectivity index (χ2n) is 4.30. The molecule has 1 aliphatic rings. The summed E-state index contributed by atoms with van der Waals surface area (Å²) in [6.45, 7) is 1.30. The van der Waals surface area contributed by atoms with Crippen molar-refractivity contribution < 1.29 is 22.7 Å². The van der Waals surface area contributed by atoms with E-state index in [1.54, 1.807) is 0 Å². The first-order chi connectivity index (χ1) is 10.0. The van der Waals surface area contributed by atoms with Crippen LogP contribution in [-0.2, 0) is 14.8 Å². The highest BCUT2D eigenvalue weighted by molar-refractivity contribution is 7.89. The largest absolute Gasteiger partial charge is 0.384 e. The molecule has 1 fully saturated rings. The van der Waals surface area contributed by atoms with E-state index < -0.39 is 20.7 Å². The van der Waals surface area contributed by atoms with Crippen molar-refractivity contribution in [1.82, 2.24) is 9.84 Å². The van der Waals surface area contributed by atoms with Crippen LogP contribution in [0.4, 0.5) is 4.39 Å². The minimum Gasteiger partial charge on any atom is -0.384 e. The van der Waals surface area contributed by atoms with E-state index in [0.29, 0.717) is 31.9 Å². The Morgan fingerprint density at radius 2 is 2.10 bits per heavy atom. The molecule has 8 heteroatoms. The van der Waals surface area contributed by atoms with Gasteiger partial charge in [-0.1, -0.05) is 11.8 Å². The van der Waals surface area contributed by atoms with Crippen molar-refractivity contribution in [2.45, 2.75) is 4.90 Å². The Bertz CT molecular complexity index is 660. The molecule has 114 valence electrons. The summed E-state index contributed by atoms with van der Waals surface area (Å²) in [6, 6.07) is 3.57. The van der Waals surface area contributed by atoms with E-state index in [1.807, 2.05) is 0 Å². The Hall–Kier alpha value is -1.50. The van der Waals surface area contributed by atoms with Gasteiger partial charge in [-0.15, -0.1) is 4.83 Å². The van der Waals surface area contributed by atoms with E-state index in [1.165, 1.54) is 11.1 Å². The van der Waals surface area contributed by atoms with Crippen LogP contribution < -0.4 is 4.83 Å². The van der Waals surface area contributed by atoms with Crippen molar-refractivity contribution >= 4 is 10.0 Å². The Morgan fingerprint density at radius 3 is 2.71 bits per heavy atom. The minimum atomic E-state index is -3.98. The third-order valence-electron chi connectivity index (χ3n) is 2.79. The van der Waals surface area contributed by atoms with Crippen LogP contribution in [0.5, 0.6) is 0 Å². The first-order valence-electron chi connectivity index (χ1n) is 6.27. The lowest BCUT2D eigenvalue weighted by molar-refractivity contribution is 0.0272. The molecule has 2 N–H and O–H groups in total. The van der Waals surface area contributed by atoms with Crippen LogP contribution in [0, 0.1) is 17.7 Å². The SMILES string of the molecule is O=S(=O)(NN1CCOCC1)c1ccc(C#CCO)cc1F. The second-order valence-corrected chi connectivity index (χ2v) is 5.93. The number of rotatable bonds is 3. The summed E-state index contributed by atoms with van der Waals surface area (Å²) in [5.41, 5.74) is 0.298. The Labute approximate surface area is 122 Å². The molecular formula is C13H15FN2O4S. The third-order valence-corrected chi connectivity index (χ3v) is 4.20. The fourth-order valence-electron chi connectivity index (χ4n) is 1.81. The van der Waals surface area contributed by atoms with Gasteiger partial charge >= 0.3 is 0 Å². The lowest BCUT2D eigenvalue weighted by atomic mass is 10.2. The molecule has 0 unspecified atom stereocenters. The number of nitrogens with zero attached hydrogens (tertiary/aromatic N) is 1. The average Bonchev–Trinajstić information content (AvgIpc) is 2.45. The molecule has 1 aromatic carbocycles. The number of sulfonamides is 1. The summed E-state index contributed by atoms with van der Waals surface area (Å²) in [5, 5.41) is 10.0. The van der Waals surface area contributed by atoms with E-state index in [9.17, 15) is 12.8 Å². The number of aliphatic hydroxyl groups is 1. The molecular weight excluding hydrogens is 299 g/mol. The van der Waals surface area contributed by atoms with Crippen molar-refractivity contribution in [3.05, 3.63) is 29.6 Å². The van der Waals surface area contributed by atoms with Crippen LogP contribution in [0.2, 0.25) is 0 Å². The molecule has 1 aliphatic heterocycles. The van der Waals surface area contributed by atoms with Crippen LogP contribution in [0.15, 0.2) is 23.1 Å². The number of hydrogen-bond donors (Lipinski definition) is 2. The molecule has 0 saturated carbocycles. The number of hydrogen-bond acceptors (Lipinski definition) is 5. The molecule has 2 rings (SSSR count). The van der Waals surface area contributed by atoms with E-state index in [4.69, 9.17) is 9.84 Å². The molecule has 1 saturated heterocycles. The van der Waals surface area contributed by atoms with Crippen molar-refractivity contribution in [2.24, 2.45) is 0 Å². The average molecular weight is 314 g/mol. The quantitative estimate of drug-likeness (QED) is 0.749. The topological polar surface area (TPSA) is 78.9 Å². The second kappa shape index (κ2) is 6.98. The number of benzene rings is 1. The highest BCUT2D eigenvalue weighted by atomic mass is 32.2. The van der Waals surface area contributed by atoms with Crippen LogP contribution in [0.25, 0.3) is 0 Å². The lowest BCUT2D eigenvalue weighted by Crippen LogP contribution is -2.48. The number of halogens is 1. The van der Waals surface area contributed by atoms with Gasteiger partial charge in [0, 0.05) is 18.7 Å². The zero-order valence-electron chi connectivity index (χ0n) is 11.2. The van der Waals surface area contributed by atoms with E-state index in [-0.39, 0.29) is 6.61 Å². The molecule has 1 aromatic rings. The Balaban J connectivity index is 2.19. The highest BCUT2D eigenvalue weighted by Crippen LogP contribution is 2.16. The first kappa shape index (κ1) is 15.9. The van der Waals surface area contributed by atoms with E-state index in [0.717, 1.165) is 12.1 Å². The van der Waals surface area contributed by atoms with Gasteiger partial charge in [0.1, 0.15) is 17.3 Å². The summed E-state index contributed by atoms with van der Waals surface area (Å²) in [7, 11) is -3.98. The van der Waals surface area contributed by atoms with E-state index in [2.05, 4.69) is 16.7 Å². The van der Waals surface area contributed by atoms with E-state index >= 15 is 0 Å². The molecule has 0 aliphatic carbocycles. The summed E-state index contributed by atoms with van der Waals surface area (Å²) < 4.78 is 43.3. The Morgan fingerprint density at radius 1 is 1.38 bits per heavy atom. The summed E-state index contributed by atoms with van der Waals surface area (Å²) in [4.78, 5) is 1.88. The molecule has 21 heavy (non-hydrogen) atoms. The van der Waals surface area contributed by atoms with Gasteiger partial charge in [0.2, 0.25) is 0 Å². The number of ether oxygens (including phenoxy) is 1. The maximum absolute atomic E-state index is 13.9. The Kier molecular flexibility index (Phi) is 5.27. The van der Waals surface area contributed by atoms with Crippen molar-refractivity contribution in [1.29, 1.82) is 0 Å². The predicted octanol–water partition coefficient (Wildman–Crippen LogP) is -0.305. The molecule has 0 atom stereocenters. The van der Waals surface area contributed by atoms with Gasteiger partial charge in [0.25, 0.3) is 10.0 Å². The normalized spacial score (nSPS) is 16.3. The number of nitrogens with one attached hydrogen (secondary N) is 1. The van der Waals surface area contributed by atoms with Gasteiger partial charge < -0.3 is 9.84 Å². The molecule has 0 aromatic heterocycles. The van der Waals surface area contributed by atoms with Crippen LogP contribution >= 0.6 is 0 Å². The maximum Gasteiger partial charge on any atom is 0.256 e. The monoisotopic (exact) mass is 314 g/mol. The van der Waals surface area contributed by atoms with Crippen LogP contribution in [-0.4, -0.2) is 51.4 Å². The fourth-order valence-corrected chi connectivity index (χ4v) is 3.00. The molecule has 0 amide bonds. The maximum atomic E-state index is 13.9. The van der Waals surface area contributed by atoms with Gasteiger partial charge in [-0.2, -0.15) is 0 Å². The molecule has 1 heterocycles. The van der Waals surface area contributed by atoms with Crippen molar-refractivity contribution in [2.75, 3.05) is 32.9 Å². The third kappa shape index (κ3) is 4.23. The zero-order valence-corrected chi connectivity index (χ0v) is 12.0. The molecule has 0 spiro atoms. The van der Waals surface area contributed by atoms with Gasteiger partial charge in [-0.25, -0.2) is 17.8 Å². The van der Waals surface area contributed by atoms with Crippen molar-refractivity contribution in [3.63, 3.8) is 0 Å². The fraction of sp³-hybridized carbons (Fsp3) is 0.385. The van der Waals surface area contributed by atoms with Gasteiger partial charge in [0.15, 0.2) is 0 Å². The smallest absolute Gasteiger partial charge is 0.256 e. The summed E-state index contributed by atoms with van der Waals surface area (Å²) >= 11 is 0. The molecule has 0 radical (unpaired) electrons. The molecule has 6 nitrogen and oxygen atoms in total. The first-order valence-corrected chi connectivity index (χ1v) is 7.75. The van der Waals surface area contributed by atoms with Crippen molar-refractivity contribution in [3.8, 4) is 11.8 Å². The lowest BCUT2D eigenvalue weighted by Gasteiger charge is -2.26. The number of aliphatic hydroxyl groups excluding tert-OH is 1. The molecule has 0 bridgehead atoms. The van der Waals surface area contributed by atoms with Gasteiger partial charge in [-0.05, 0) is 18.2 Å². The summed E-state index contributed by atoms with van der Waals surface area (Å²) in [6.07, 6.45) is 0. The van der Waals surface area contributed by atoms with Gasteiger partial charge in [-0.3, -0.25) is 0 Å². The summed E-state index contributed by atoms with van der Waals surface area (Å²) in [5.74, 6) is 3.99. The number of hydrazine groups is 1. The van der Waals surface area contributed by atoms with Crippen LogP contribution in [0.1, 0.15) is 5.56 Å². The highest BCUT2D eigenvalue weighted by Gasteiger charge is 2.23. The number of morpholine rings is 1. The minimum absolute atomic E-state index is 0.298. The standard InChI is InChI=1S/C13H15FN2O4S/c14-12-10-11(2-1-7-17)3-4-13(12)21(18,19)15-16-5-8-20-9-6-16/h3-4,10,15,17H,5-9H2. The van der Waals surface area contributed by atoms with Crippen LogP contribution in [0.3, 0.4) is 0 Å². The predicted molar refractivity (Wildman–Crippen MR) is 73.1 cm³/mol.